The molecule has 1 unspecified atom stereocenters. The number of likely N-dealkylation sites (tertiary alicyclic amines) is 1. The van der Waals surface area contributed by atoms with Gasteiger partial charge in [0.15, 0.2) is 0 Å². The number of aliphatic hydroxyl groups is 1. The van der Waals surface area contributed by atoms with Crippen molar-refractivity contribution in [3.63, 3.8) is 0 Å². The zero-order valence-electron chi connectivity index (χ0n) is 11.0. The maximum absolute atomic E-state index is 9.93. The largest absolute Gasteiger partial charge is 0.388 e. The second-order valence-corrected chi connectivity index (χ2v) is 5.14. The molecule has 3 heteroatoms. The maximum atomic E-state index is 9.93. The summed E-state index contributed by atoms with van der Waals surface area (Å²) in [5.41, 5.74) is 7.79. The first-order chi connectivity index (χ1) is 8.79. The molecule has 3 nitrogen and oxygen atoms in total. The van der Waals surface area contributed by atoms with Crippen LogP contribution in [-0.4, -0.2) is 36.2 Å². The molecular formula is C15H24N2O. The number of hydrogen-bond donors (Lipinski definition) is 2. The highest BCUT2D eigenvalue weighted by atomic mass is 16.3. The molecule has 3 N–H and O–H groups in total. The standard InChI is InChI=1S/C15H24N2O/c16-8-6-15(18)14-5-3-4-13(12-14)7-11-17-9-1-2-10-17/h3-5,12,15,18H,1-2,6-11,16H2. The summed E-state index contributed by atoms with van der Waals surface area (Å²) in [4.78, 5) is 2.52. The van der Waals surface area contributed by atoms with Gasteiger partial charge in [-0.25, -0.2) is 0 Å². The van der Waals surface area contributed by atoms with E-state index in [1.165, 1.54) is 31.5 Å². The molecule has 0 saturated carbocycles. The Kier molecular flexibility index (Phi) is 5.17. The maximum Gasteiger partial charge on any atom is 0.0802 e. The normalized spacial score (nSPS) is 18.1. The first kappa shape index (κ1) is 13.5. The summed E-state index contributed by atoms with van der Waals surface area (Å²) in [6.45, 7) is 4.15. The van der Waals surface area contributed by atoms with E-state index >= 15 is 0 Å². The van der Waals surface area contributed by atoms with Gasteiger partial charge >= 0.3 is 0 Å². The Hall–Kier alpha value is -0.900. The van der Waals surface area contributed by atoms with Crippen LogP contribution in [-0.2, 0) is 6.42 Å². The lowest BCUT2D eigenvalue weighted by Crippen LogP contribution is -2.22. The lowest BCUT2D eigenvalue weighted by Gasteiger charge is -2.15. The summed E-state index contributed by atoms with van der Waals surface area (Å²) in [7, 11) is 0. The zero-order valence-corrected chi connectivity index (χ0v) is 11.0. The van der Waals surface area contributed by atoms with E-state index in [9.17, 15) is 5.11 Å². The first-order valence-corrected chi connectivity index (χ1v) is 6.99. The Morgan fingerprint density at radius 2 is 2.06 bits per heavy atom. The molecule has 2 rings (SSSR count). The van der Waals surface area contributed by atoms with Crippen molar-refractivity contribution in [2.24, 2.45) is 5.73 Å². The highest BCUT2D eigenvalue weighted by Gasteiger charge is 2.11. The fraction of sp³-hybridized carbons (Fsp3) is 0.600. The molecule has 0 spiro atoms. The van der Waals surface area contributed by atoms with Gasteiger partial charge in [0.1, 0.15) is 0 Å². The minimum atomic E-state index is -0.415. The summed E-state index contributed by atoms with van der Waals surface area (Å²) < 4.78 is 0. The molecule has 1 aliphatic heterocycles. The summed E-state index contributed by atoms with van der Waals surface area (Å²) in [5.74, 6) is 0. The second-order valence-electron chi connectivity index (χ2n) is 5.14. The predicted octanol–water partition coefficient (Wildman–Crippen LogP) is 1.71. The van der Waals surface area contributed by atoms with Crippen LogP contribution in [0.25, 0.3) is 0 Å². The smallest absolute Gasteiger partial charge is 0.0802 e. The number of rotatable bonds is 6. The lowest BCUT2D eigenvalue weighted by molar-refractivity contribution is 0.170. The molecule has 0 aliphatic carbocycles. The van der Waals surface area contributed by atoms with E-state index in [0.29, 0.717) is 13.0 Å². The van der Waals surface area contributed by atoms with Gasteiger partial charge in [0.2, 0.25) is 0 Å². The third-order valence-corrected chi connectivity index (χ3v) is 3.69. The molecule has 1 fully saturated rings. The van der Waals surface area contributed by atoms with E-state index in [-0.39, 0.29) is 0 Å². The van der Waals surface area contributed by atoms with Gasteiger partial charge in [-0.2, -0.15) is 0 Å². The van der Waals surface area contributed by atoms with Crippen molar-refractivity contribution in [1.29, 1.82) is 0 Å². The summed E-state index contributed by atoms with van der Waals surface area (Å²) in [5, 5.41) is 9.93. The van der Waals surface area contributed by atoms with Crippen molar-refractivity contribution in [2.45, 2.75) is 31.8 Å². The topological polar surface area (TPSA) is 49.5 Å². The van der Waals surface area contributed by atoms with E-state index < -0.39 is 6.10 Å². The van der Waals surface area contributed by atoms with Crippen LogP contribution in [0.2, 0.25) is 0 Å². The third kappa shape index (κ3) is 3.80. The molecule has 1 aliphatic rings. The number of benzene rings is 1. The van der Waals surface area contributed by atoms with Gasteiger partial charge in [0.25, 0.3) is 0 Å². The van der Waals surface area contributed by atoms with E-state index in [4.69, 9.17) is 5.73 Å². The van der Waals surface area contributed by atoms with Crippen LogP contribution < -0.4 is 5.73 Å². The van der Waals surface area contributed by atoms with Crippen molar-refractivity contribution < 1.29 is 5.11 Å². The van der Waals surface area contributed by atoms with Gasteiger partial charge in [0, 0.05) is 6.54 Å². The monoisotopic (exact) mass is 248 g/mol. The van der Waals surface area contributed by atoms with Crippen molar-refractivity contribution in [3.05, 3.63) is 35.4 Å². The Labute approximate surface area is 110 Å². The second kappa shape index (κ2) is 6.88. The van der Waals surface area contributed by atoms with Gasteiger partial charge in [-0.1, -0.05) is 24.3 Å². The molecule has 18 heavy (non-hydrogen) atoms. The predicted molar refractivity (Wildman–Crippen MR) is 74.5 cm³/mol. The molecule has 1 heterocycles. The highest BCUT2D eigenvalue weighted by Crippen LogP contribution is 2.18. The Balaban J connectivity index is 1.89. The van der Waals surface area contributed by atoms with Crippen LogP contribution in [0.1, 0.15) is 36.5 Å². The molecule has 0 aromatic heterocycles. The van der Waals surface area contributed by atoms with Crippen LogP contribution in [0, 0.1) is 0 Å². The van der Waals surface area contributed by atoms with E-state index in [1.807, 2.05) is 12.1 Å². The summed E-state index contributed by atoms with van der Waals surface area (Å²) in [6.07, 6.45) is 3.98. The number of hydrogen-bond acceptors (Lipinski definition) is 3. The Morgan fingerprint density at radius 3 is 2.78 bits per heavy atom. The quantitative estimate of drug-likeness (QED) is 0.805. The van der Waals surface area contributed by atoms with Crippen LogP contribution in [0.4, 0.5) is 0 Å². The van der Waals surface area contributed by atoms with Gasteiger partial charge < -0.3 is 15.7 Å². The third-order valence-electron chi connectivity index (χ3n) is 3.69. The van der Waals surface area contributed by atoms with Crippen LogP contribution >= 0.6 is 0 Å². The number of nitrogens with two attached hydrogens (primary N) is 1. The number of nitrogens with zero attached hydrogens (tertiary/aromatic N) is 1. The average Bonchev–Trinajstić information content (AvgIpc) is 2.90. The average molecular weight is 248 g/mol. The minimum Gasteiger partial charge on any atom is -0.388 e. The van der Waals surface area contributed by atoms with Gasteiger partial charge in [-0.3, -0.25) is 0 Å². The van der Waals surface area contributed by atoms with Crippen molar-refractivity contribution in [1.82, 2.24) is 4.90 Å². The van der Waals surface area contributed by atoms with Gasteiger partial charge in [-0.15, -0.1) is 0 Å². The number of aliphatic hydroxyl groups excluding tert-OH is 1. The first-order valence-electron chi connectivity index (χ1n) is 6.99. The van der Waals surface area contributed by atoms with Crippen LogP contribution in [0.3, 0.4) is 0 Å². The van der Waals surface area contributed by atoms with Gasteiger partial charge in [-0.05, 0) is 56.4 Å². The molecule has 100 valence electrons. The summed E-state index contributed by atoms with van der Waals surface area (Å²) in [6, 6.07) is 8.29. The molecule has 1 saturated heterocycles. The van der Waals surface area contributed by atoms with E-state index in [1.54, 1.807) is 0 Å². The molecule has 0 radical (unpaired) electrons. The van der Waals surface area contributed by atoms with E-state index in [2.05, 4.69) is 17.0 Å². The Morgan fingerprint density at radius 1 is 1.28 bits per heavy atom. The summed E-state index contributed by atoms with van der Waals surface area (Å²) >= 11 is 0. The fourth-order valence-electron chi connectivity index (χ4n) is 2.57. The van der Waals surface area contributed by atoms with Crippen molar-refractivity contribution in [3.8, 4) is 0 Å². The molecule has 0 bridgehead atoms. The molecule has 1 atom stereocenters. The van der Waals surface area contributed by atoms with Crippen LogP contribution in [0.5, 0.6) is 0 Å². The van der Waals surface area contributed by atoms with Gasteiger partial charge in [0.05, 0.1) is 6.10 Å². The Bertz CT molecular complexity index is 361. The fourth-order valence-corrected chi connectivity index (χ4v) is 2.57. The van der Waals surface area contributed by atoms with Crippen molar-refractivity contribution >= 4 is 0 Å². The van der Waals surface area contributed by atoms with Crippen LogP contribution in [0.15, 0.2) is 24.3 Å². The molecular weight excluding hydrogens is 224 g/mol. The molecule has 1 aromatic carbocycles. The minimum absolute atomic E-state index is 0.415. The zero-order chi connectivity index (χ0) is 12.8. The molecule has 0 amide bonds. The van der Waals surface area contributed by atoms with E-state index in [0.717, 1.165) is 18.5 Å². The highest BCUT2D eigenvalue weighted by molar-refractivity contribution is 5.25. The van der Waals surface area contributed by atoms with Crippen molar-refractivity contribution in [2.75, 3.05) is 26.2 Å². The molecule has 1 aromatic rings. The SMILES string of the molecule is NCCC(O)c1cccc(CCN2CCCC2)c1. The lowest BCUT2D eigenvalue weighted by atomic mass is 10.0.